The quantitative estimate of drug-likeness (QED) is 0.104. The van der Waals surface area contributed by atoms with E-state index in [1.54, 1.807) is 0 Å². The number of pyridine rings is 1. The fraction of sp³-hybridized carbons (Fsp3) is 0. The molecule has 0 unspecified atom stereocenters. The third-order valence-electron chi connectivity index (χ3n) is 25.2. The third kappa shape index (κ3) is 15.6. The Morgan fingerprint density at radius 2 is 0.437 bits per heavy atom. The largest absolute Gasteiger partial charge is 0.456 e. The summed E-state index contributed by atoms with van der Waals surface area (Å²) in [4.78, 5) is 36.2. The van der Waals surface area contributed by atoms with Gasteiger partial charge in [-0.3, -0.25) is 0 Å². The van der Waals surface area contributed by atoms with E-state index < -0.39 is 0 Å². The summed E-state index contributed by atoms with van der Waals surface area (Å²) < 4.78 is 19.1. The summed E-state index contributed by atoms with van der Waals surface area (Å²) in [6.07, 6.45) is 0. The van der Waals surface area contributed by atoms with Gasteiger partial charge in [-0.25, -0.2) is 34.9 Å². The first kappa shape index (κ1) is 80.1. The molecule has 19 aromatic carbocycles. The first-order chi connectivity index (χ1) is 66.9. The summed E-state index contributed by atoms with van der Waals surface area (Å²) in [5.74, 6) is 2.02. The monoisotopic (exact) mass is 1730 g/mol. The smallest absolute Gasteiger partial charge is 0.160 e. The van der Waals surface area contributed by atoms with Gasteiger partial charge in [0.1, 0.15) is 33.5 Å². The van der Waals surface area contributed by atoms with Crippen LogP contribution in [0, 0.1) is 0 Å². The first-order valence-electron chi connectivity index (χ1n) is 45.3. The minimum atomic E-state index is 0.651. The van der Waals surface area contributed by atoms with Gasteiger partial charge in [0.2, 0.25) is 0 Å². The Balaban J connectivity index is 0.000000111. The topological polar surface area (TPSA) is 130 Å². The second-order valence-electron chi connectivity index (χ2n) is 33.7. The van der Waals surface area contributed by atoms with Crippen molar-refractivity contribution < 1.29 is 13.3 Å². The van der Waals surface area contributed by atoms with Gasteiger partial charge in [0.15, 0.2) is 17.5 Å². The number of furan rings is 3. The second-order valence-corrected chi connectivity index (χ2v) is 33.7. The molecule has 0 saturated carbocycles. The molecule has 0 fully saturated rings. The van der Waals surface area contributed by atoms with Crippen molar-refractivity contribution in [1.29, 1.82) is 0 Å². The van der Waals surface area contributed by atoms with Crippen LogP contribution in [0.25, 0.3) is 256 Å². The highest BCUT2D eigenvalue weighted by Gasteiger charge is 2.24. The number of fused-ring (bicyclic) bond motifs is 15. The van der Waals surface area contributed by atoms with E-state index in [0.29, 0.717) is 17.5 Å². The molecule has 26 aromatic rings. The number of aromatic nitrogens is 7. The maximum Gasteiger partial charge on any atom is 0.160 e. The molecule has 0 amide bonds. The highest BCUT2D eigenvalue weighted by molar-refractivity contribution is 6.21. The van der Waals surface area contributed by atoms with Crippen molar-refractivity contribution in [1.82, 2.24) is 34.9 Å². The molecule has 7 aromatic heterocycles. The molecule has 0 spiro atoms. The van der Waals surface area contributed by atoms with Crippen molar-refractivity contribution in [2.45, 2.75) is 0 Å². The van der Waals surface area contributed by atoms with Crippen LogP contribution in [0.4, 0.5) is 0 Å². The molecule has 7 heterocycles. The summed E-state index contributed by atoms with van der Waals surface area (Å²) in [5.41, 5.74) is 34.0. The lowest BCUT2D eigenvalue weighted by molar-refractivity contribution is 0.669. The van der Waals surface area contributed by atoms with Crippen LogP contribution in [0.5, 0.6) is 0 Å². The highest BCUT2D eigenvalue weighted by Crippen LogP contribution is 2.45. The van der Waals surface area contributed by atoms with E-state index in [-0.39, 0.29) is 0 Å². The number of hydrogen-bond donors (Lipinski definition) is 0. The first-order valence-corrected chi connectivity index (χ1v) is 45.3. The lowest BCUT2D eigenvalue weighted by atomic mass is 9.96. The van der Waals surface area contributed by atoms with Crippen LogP contribution in [0.3, 0.4) is 0 Å². The average molecular weight is 1730 g/mol. The van der Waals surface area contributed by atoms with Crippen molar-refractivity contribution in [3.05, 3.63) is 479 Å². The minimum absolute atomic E-state index is 0.651. The summed E-state index contributed by atoms with van der Waals surface area (Å²) in [6.45, 7) is 0. The number of para-hydroxylation sites is 3. The zero-order chi connectivity index (χ0) is 89.5. The predicted octanol–water partition coefficient (Wildman–Crippen LogP) is 33.3. The Morgan fingerprint density at radius 3 is 0.889 bits per heavy atom. The highest BCUT2D eigenvalue weighted by atomic mass is 16.3. The summed E-state index contributed by atoms with van der Waals surface area (Å²) in [6, 6.07) is 166. The Hall–Kier alpha value is -18.3. The molecule has 0 aliphatic heterocycles. The Bertz CT molecular complexity index is 8900. The molecular weight excluding hydrogens is 1650 g/mol. The van der Waals surface area contributed by atoms with Gasteiger partial charge in [-0.15, -0.1) is 0 Å². The van der Waals surface area contributed by atoms with Gasteiger partial charge in [0.25, 0.3) is 0 Å². The van der Waals surface area contributed by atoms with E-state index in [2.05, 4.69) is 328 Å². The maximum atomic E-state index is 6.45. The standard InChI is InChI=1S/C44H28N2O.C43H27N3O.C38H24N2O/c1-3-11-29(12-4-1)30-21-23-31(24-22-30)33-15-9-16-34(27-33)35-17-10-18-36(28-35)44-45-39-26-25-38-37-19-7-8-20-40(37)47-43(38)41(39)42(46-44)32-13-5-2-6-14-32;1-4-13-28(14-5-1)33-26-36(29-15-6-2-7-16-29)44-37(27-33)31-19-12-20-32(25-31)43-45-41(30-17-8-3-9-18-30)35-23-24-39-40(42(35)46-43)34-21-10-11-22-38(34)47-39;1-3-11-25(12-4-1)27-15-9-16-28(23-27)29-17-10-18-30(24-29)38-39-33-22-21-32-31-19-7-8-20-34(31)41-37(32)35(33)36(40-38)26-13-5-2-6-14-26/h1-28H;1-27H;1-24H. The Morgan fingerprint density at radius 1 is 0.141 bits per heavy atom. The average Bonchev–Trinajstić information content (AvgIpc) is 1.64. The molecule has 632 valence electrons. The van der Waals surface area contributed by atoms with Gasteiger partial charge in [0, 0.05) is 76.8 Å². The summed E-state index contributed by atoms with van der Waals surface area (Å²) in [5, 5.41) is 9.21. The van der Waals surface area contributed by atoms with Gasteiger partial charge in [0.05, 0.1) is 61.2 Å². The molecule has 10 nitrogen and oxygen atoms in total. The van der Waals surface area contributed by atoms with Crippen LogP contribution < -0.4 is 0 Å². The van der Waals surface area contributed by atoms with E-state index in [1.165, 1.54) is 33.4 Å². The molecule has 135 heavy (non-hydrogen) atoms. The molecular formula is C125H79N7O3. The van der Waals surface area contributed by atoms with E-state index >= 15 is 0 Å². The van der Waals surface area contributed by atoms with E-state index in [9.17, 15) is 0 Å². The molecule has 26 rings (SSSR count). The van der Waals surface area contributed by atoms with Crippen molar-refractivity contribution in [2.75, 3.05) is 0 Å². The molecule has 10 heteroatoms. The van der Waals surface area contributed by atoms with Crippen LogP contribution in [0.1, 0.15) is 0 Å². The van der Waals surface area contributed by atoms with Crippen molar-refractivity contribution in [2.24, 2.45) is 0 Å². The fourth-order valence-electron chi connectivity index (χ4n) is 18.6. The lowest BCUT2D eigenvalue weighted by Gasteiger charge is -2.12. The number of hydrogen-bond acceptors (Lipinski definition) is 10. The van der Waals surface area contributed by atoms with Crippen LogP contribution >= 0.6 is 0 Å². The molecule has 0 aliphatic carbocycles. The summed E-state index contributed by atoms with van der Waals surface area (Å²) >= 11 is 0. The molecule has 0 aliphatic rings. The fourth-order valence-corrected chi connectivity index (χ4v) is 18.6. The van der Waals surface area contributed by atoms with Crippen molar-refractivity contribution >= 4 is 98.5 Å². The molecule has 0 radical (unpaired) electrons. The molecule has 0 bridgehead atoms. The Kier molecular flexibility index (Phi) is 20.8. The normalized spacial score (nSPS) is 11.4. The van der Waals surface area contributed by atoms with Crippen LogP contribution in [0.15, 0.2) is 492 Å². The maximum absolute atomic E-state index is 6.45. The number of benzene rings is 19. The van der Waals surface area contributed by atoms with Crippen LogP contribution in [0.2, 0.25) is 0 Å². The molecule has 0 atom stereocenters. The number of rotatable bonds is 14. The van der Waals surface area contributed by atoms with Gasteiger partial charge in [-0.05, 0) is 164 Å². The zero-order valence-electron chi connectivity index (χ0n) is 73.0. The van der Waals surface area contributed by atoms with Crippen LogP contribution in [-0.2, 0) is 0 Å². The molecule has 0 N–H and O–H groups in total. The van der Waals surface area contributed by atoms with Crippen molar-refractivity contribution in [3.63, 3.8) is 0 Å². The second kappa shape index (κ2) is 35.0. The van der Waals surface area contributed by atoms with E-state index in [0.717, 1.165) is 205 Å². The minimum Gasteiger partial charge on any atom is -0.456 e. The van der Waals surface area contributed by atoms with Gasteiger partial charge < -0.3 is 13.3 Å². The SMILES string of the molecule is c1ccc(-c2cc(-c3ccccc3)nc(-c3cccc(-c4nc(-c5ccccc5)c5ccc6oc7ccccc7c6c5n4)c3)c2)cc1.c1ccc(-c2ccc(-c3cccc(-c4cccc(-c5nc(-c6ccccc6)c6c(ccc7c8ccccc8oc76)n5)c4)c3)cc2)cc1.c1ccc(-c2cccc(-c3cccc(-c4nc(-c5ccccc5)c5c(ccc6c7ccccc7oc65)n4)c3)c2)cc1. The van der Waals surface area contributed by atoms with Gasteiger partial charge in [-0.1, -0.05) is 382 Å². The number of nitrogens with zero attached hydrogens (tertiary/aromatic N) is 7. The van der Waals surface area contributed by atoms with E-state index in [4.69, 9.17) is 48.1 Å². The van der Waals surface area contributed by atoms with Gasteiger partial charge in [-0.2, -0.15) is 0 Å². The van der Waals surface area contributed by atoms with E-state index in [1.807, 2.05) is 152 Å². The zero-order valence-corrected chi connectivity index (χ0v) is 73.0. The third-order valence-corrected chi connectivity index (χ3v) is 25.2. The summed E-state index contributed by atoms with van der Waals surface area (Å²) in [7, 11) is 0. The van der Waals surface area contributed by atoms with Gasteiger partial charge >= 0.3 is 0 Å². The lowest BCUT2D eigenvalue weighted by Crippen LogP contribution is -1.96. The van der Waals surface area contributed by atoms with Crippen molar-refractivity contribution in [3.8, 4) is 157 Å². The predicted molar refractivity (Wildman–Crippen MR) is 554 cm³/mol. The van der Waals surface area contributed by atoms with Crippen LogP contribution in [-0.4, -0.2) is 34.9 Å². The molecule has 0 saturated heterocycles. The Labute approximate surface area is 777 Å².